The summed E-state index contributed by atoms with van der Waals surface area (Å²) in [6, 6.07) is 10.4. The molecule has 1 aliphatic heterocycles. The maximum atomic E-state index is 14.3. The molecule has 4 amide bonds. The fourth-order valence-corrected chi connectivity index (χ4v) is 6.94. The number of aromatic nitrogens is 2. The average Bonchev–Trinajstić information content (AvgIpc) is 3.88. The van der Waals surface area contributed by atoms with E-state index >= 15 is 0 Å². The number of phenols is 1. The van der Waals surface area contributed by atoms with E-state index in [9.17, 15) is 34.2 Å². The van der Waals surface area contributed by atoms with Crippen LogP contribution in [-0.2, 0) is 43.2 Å². The number of aromatic hydroxyl groups is 1. The van der Waals surface area contributed by atoms with Gasteiger partial charge in [0.05, 0.1) is 18.4 Å². The first-order chi connectivity index (χ1) is 26.8. The molecule has 0 aliphatic carbocycles. The summed E-state index contributed by atoms with van der Waals surface area (Å²) in [6.07, 6.45) is 7.23. The molecule has 3 aromatic rings. The second-order valence-corrected chi connectivity index (χ2v) is 15.0. The highest BCUT2D eigenvalue weighted by molar-refractivity contribution is 5.93. The van der Waals surface area contributed by atoms with E-state index in [1.54, 1.807) is 42.6 Å². The Morgan fingerprint density at radius 3 is 2.25 bits per heavy atom. The third kappa shape index (κ3) is 13.5. The van der Waals surface area contributed by atoms with Crippen LogP contribution in [0.25, 0.3) is 0 Å². The number of aromatic amines is 1. The third-order valence-electron chi connectivity index (χ3n) is 9.94. The molecule has 1 aliphatic rings. The molecule has 1 saturated heterocycles. The van der Waals surface area contributed by atoms with Gasteiger partial charge in [0.15, 0.2) is 0 Å². The number of carbonyl (C=O) groups excluding carboxylic acids is 4. The second-order valence-electron chi connectivity index (χ2n) is 15.0. The van der Waals surface area contributed by atoms with Gasteiger partial charge in [-0.2, -0.15) is 0 Å². The van der Waals surface area contributed by atoms with Gasteiger partial charge in [-0.15, -0.1) is 0 Å². The number of aliphatic carboxylic acids is 1. The molecule has 6 atom stereocenters. The number of nitrogens with two attached hydrogens (primary N) is 1. The van der Waals surface area contributed by atoms with E-state index in [0.29, 0.717) is 37.9 Å². The minimum Gasteiger partial charge on any atom is -0.508 e. The molecular weight excluding hydrogens is 716 g/mol. The van der Waals surface area contributed by atoms with Gasteiger partial charge in [0, 0.05) is 50.3 Å². The van der Waals surface area contributed by atoms with Crippen LogP contribution in [0.1, 0.15) is 76.1 Å². The summed E-state index contributed by atoms with van der Waals surface area (Å²) >= 11 is 0. The number of benzene rings is 2. The van der Waals surface area contributed by atoms with E-state index in [1.807, 2.05) is 26.8 Å². The lowest BCUT2D eigenvalue weighted by molar-refractivity contribution is -0.144. The molecule has 15 heteroatoms. The molecule has 2 heterocycles. The summed E-state index contributed by atoms with van der Waals surface area (Å²) < 4.78 is 0. The number of hydrogen-bond donors (Lipinski definition) is 8. The first-order valence-electron chi connectivity index (χ1n) is 19.6. The minimum absolute atomic E-state index is 0.0797. The molecule has 0 radical (unpaired) electrons. The van der Waals surface area contributed by atoms with Gasteiger partial charge in [-0.25, -0.2) is 9.78 Å². The van der Waals surface area contributed by atoms with Crippen molar-refractivity contribution in [3.63, 3.8) is 0 Å². The summed E-state index contributed by atoms with van der Waals surface area (Å²) in [6.45, 7) is 6.55. The van der Waals surface area contributed by atoms with E-state index in [1.165, 1.54) is 23.4 Å². The van der Waals surface area contributed by atoms with Crippen molar-refractivity contribution in [1.29, 1.82) is 0 Å². The lowest BCUT2D eigenvalue weighted by Crippen LogP contribution is -2.58. The summed E-state index contributed by atoms with van der Waals surface area (Å²) in [4.78, 5) is 75.8. The first-order valence-corrected chi connectivity index (χ1v) is 19.6. The van der Waals surface area contributed by atoms with Crippen LogP contribution in [0.15, 0.2) is 67.1 Å². The predicted octanol–water partition coefficient (Wildman–Crippen LogP) is 2.20. The van der Waals surface area contributed by atoms with E-state index in [4.69, 9.17) is 5.73 Å². The Morgan fingerprint density at radius 2 is 1.61 bits per heavy atom. The highest BCUT2D eigenvalue weighted by Crippen LogP contribution is 2.21. The molecule has 15 nitrogen and oxygen atoms in total. The van der Waals surface area contributed by atoms with Gasteiger partial charge in [0.1, 0.15) is 23.9 Å². The molecule has 0 bridgehead atoms. The van der Waals surface area contributed by atoms with Crippen molar-refractivity contribution in [3.8, 4) is 5.75 Å². The molecule has 0 unspecified atom stereocenters. The van der Waals surface area contributed by atoms with Gasteiger partial charge in [-0.1, -0.05) is 76.1 Å². The Hall–Kier alpha value is -5.28. The molecule has 2 aromatic carbocycles. The number of carboxylic acids is 1. The molecular formula is C41H58N8O7. The van der Waals surface area contributed by atoms with Crippen molar-refractivity contribution in [2.75, 3.05) is 13.1 Å². The standard InChI is InChI=1S/C41H58N8O7/c1-4-5-12-32(42)37(51)47-33(20-28-14-16-31(50)17-15-28)38(52)46-30(19-26(2)3)24-44-34(22-29-23-43-25-45-29)40(54)49-18-9-13-36(49)39(53)48-35(41(55)56)21-27-10-7-6-8-11-27/h6-8,10-11,14-17,23,25-26,30,32-36,44,50H,4-5,9,12-13,18-22,24,42H2,1-3H3,(H,43,45)(H,46,52)(H,47,51)(H,48,53)(H,55,56)/t30-,32-,33+,34-,35-,36-/m0/s1. The summed E-state index contributed by atoms with van der Waals surface area (Å²) in [5.41, 5.74) is 8.34. The number of H-pyrrole nitrogens is 1. The largest absolute Gasteiger partial charge is 0.508 e. The van der Waals surface area contributed by atoms with Gasteiger partial charge >= 0.3 is 5.97 Å². The van der Waals surface area contributed by atoms with Crippen LogP contribution in [0.2, 0.25) is 0 Å². The van der Waals surface area contributed by atoms with E-state index in [2.05, 4.69) is 31.2 Å². The number of rotatable bonds is 22. The van der Waals surface area contributed by atoms with Crippen molar-refractivity contribution in [3.05, 3.63) is 83.9 Å². The number of likely N-dealkylation sites (tertiary alicyclic amines) is 1. The lowest BCUT2D eigenvalue weighted by atomic mass is 10.00. The maximum absolute atomic E-state index is 14.3. The summed E-state index contributed by atoms with van der Waals surface area (Å²) in [7, 11) is 0. The topological polar surface area (TPSA) is 232 Å². The highest BCUT2D eigenvalue weighted by atomic mass is 16.4. The Balaban J connectivity index is 1.49. The molecule has 9 N–H and O–H groups in total. The number of hydrogen-bond acceptors (Lipinski definition) is 9. The monoisotopic (exact) mass is 774 g/mol. The Labute approximate surface area is 328 Å². The van der Waals surface area contributed by atoms with Crippen LogP contribution < -0.4 is 27.0 Å². The smallest absolute Gasteiger partial charge is 0.326 e. The van der Waals surface area contributed by atoms with Crippen LogP contribution in [0, 0.1) is 5.92 Å². The molecule has 0 saturated carbocycles. The maximum Gasteiger partial charge on any atom is 0.326 e. The van der Waals surface area contributed by atoms with Crippen molar-refractivity contribution in [2.24, 2.45) is 11.7 Å². The highest BCUT2D eigenvalue weighted by Gasteiger charge is 2.39. The van der Waals surface area contributed by atoms with Gasteiger partial charge in [-0.3, -0.25) is 19.2 Å². The lowest BCUT2D eigenvalue weighted by Gasteiger charge is -2.31. The number of unbranched alkanes of at least 4 members (excludes halogenated alkanes) is 1. The molecule has 1 fully saturated rings. The zero-order chi connectivity index (χ0) is 40.6. The molecule has 1 aromatic heterocycles. The molecule has 0 spiro atoms. The Kier molecular flexibility index (Phi) is 16.8. The number of nitrogens with one attached hydrogen (secondary N) is 5. The average molecular weight is 775 g/mol. The van der Waals surface area contributed by atoms with Gasteiger partial charge in [0.2, 0.25) is 23.6 Å². The summed E-state index contributed by atoms with van der Waals surface area (Å²) in [5, 5.41) is 31.7. The quantitative estimate of drug-likeness (QED) is 0.0742. The van der Waals surface area contributed by atoms with Crippen molar-refractivity contribution < 1.29 is 34.2 Å². The van der Waals surface area contributed by atoms with E-state index < -0.39 is 59.9 Å². The van der Waals surface area contributed by atoms with Crippen LogP contribution in [0.4, 0.5) is 0 Å². The van der Waals surface area contributed by atoms with Crippen LogP contribution >= 0.6 is 0 Å². The summed E-state index contributed by atoms with van der Waals surface area (Å²) in [5.74, 6) is -2.64. The van der Waals surface area contributed by atoms with Crippen molar-refractivity contribution in [2.45, 2.75) is 115 Å². The number of phenolic OH excluding ortho intramolecular Hbond substituents is 1. The molecule has 304 valence electrons. The van der Waals surface area contributed by atoms with Gasteiger partial charge < -0.3 is 47.1 Å². The van der Waals surface area contributed by atoms with E-state index in [-0.39, 0.29) is 43.4 Å². The predicted molar refractivity (Wildman–Crippen MR) is 211 cm³/mol. The fourth-order valence-electron chi connectivity index (χ4n) is 6.94. The number of amides is 4. The van der Waals surface area contributed by atoms with Gasteiger partial charge in [0.25, 0.3) is 0 Å². The Morgan fingerprint density at radius 1 is 0.911 bits per heavy atom. The zero-order valence-electron chi connectivity index (χ0n) is 32.6. The molecule has 56 heavy (non-hydrogen) atoms. The van der Waals surface area contributed by atoms with E-state index in [0.717, 1.165) is 24.0 Å². The van der Waals surface area contributed by atoms with Crippen molar-refractivity contribution in [1.82, 2.24) is 36.1 Å². The Bertz CT molecular complexity index is 1700. The molecule has 4 rings (SSSR count). The first kappa shape index (κ1) is 43.4. The van der Waals surface area contributed by atoms with Gasteiger partial charge in [-0.05, 0) is 54.9 Å². The van der Waals surface area contributed by atoms with Crippen LogP contribution in [0.3, 0.4) is 0 Å². The number of carbonyl (C=O) groups is 5. The van der Waals surface area contributed by atoms with Crippen LogP contribution in [0.5, 0.6) is 5.75 Å². The minimum atomic E-state index is -1.17. The SMILES string of the molecule is CCCC[C@H](N)C(=O)N[C@H](Cc1ccc(O)cc1)C(=O)N[C@H](CN[C@@H](Cc1cnc[nH]1)C(=O)N1CCC[C@H]1C(=O)N[C@@H](Cc1ccccc1)C(=O)O)CC(C)C. The normalized spacial score (nSPS) is 16.7. The fraction of sp³-hybridized carbons (Fsp3) is 0.512. The van der Waals surface area contributed by atoms with Crippen LogP contribution in [-0.4, -0.2) is 104 Å². The zero-order valence-corrected chi connectivity index (χ0v) is 32.6. The van der Waals surface area contributed by atoms with Crippen molar-refractivity contribution >= 4 is 29.6 Å². The second kappa shape index (κ2) is 21.7. The number of nitrogens with zero attached hydrogens (tertiary/aromatic N) is 2. The number of carboxylic acid groups (broad SMARTS) is 1. The number of imidazole rings is 1. The third-order valence-corrected chi connectivity index (χ3v) is 9.94.